The second-order valence-corrected chi connectivity index (χ2v) is 5.72. The van der Waals surface area contributed by atoms with Crippen molar-refractivity contribution in [1.82, 2.24) is 5.32 Å². The zero-order chi connectivity index (χ0) is 17.5. The number of benzene rings is 2. The van der Waals surface area contributed by atoms with Crippen LogP contribution in [0, 0.1) is 0 Å². The zero-order valence-corrected chi connectivity index (χ0v) is 14.1. The van der Waals surface area contributed by atoms with Gasteiger partial charge in [-0.2, -0.15) is 0 Å². The highest BCUT2D eigenvalue weighted by Gasteiger charge is 2.08. The molecule has 0 saturated heterocycles. The van der Waals surface area contributed by atoms with Gasteiger partial charge in [0.15, 0.2) is 6.61 Å². The molecule has 0 aromatic heterocycles. The Hall–Kier alpha value is -2.82. The van der Waals surface area contributed by atoms with Gasteiger partial charge in [0.1, 0.15) is 5.75 Å². The van der Waals surface area contributed by atoms with E-state index in [-0.39, 0.29) is 18.4 Å². The third-order valence-corrected chi connectivity index (χ3v) is 3.53. The zero-order valence-electron chi connectivity index (χ0n) is 14.1. The topological polar surface area (TPSA) is 67.4 Å². The number of ether oxygens (including phenoxy) is 1. The van der Waals surface area contributed by atoms with Crippen molar-refractivity contribution in [3.63, 3.8) is 0 Å². The van der Waals surface area contributed by atoms with Crippen molar-refractivity contribution in [2.24, 2.45) is 0 Å². The number of hydrogen-bond acceptors (Lipinski definition) is 3. The van der Waals surface area contributed by atoms with Crippen LogP contribution in [-0.2, 0) is 4.79 Å². The van der Waals surface area contributed by atoms with Gasteiger partial charge < -0.3 is 15.4 Å². The smallest absolute Gasteiger partial charge is 0.262 e. The van der Waals surface area contributed by atoms with E-state index in [1.165, 1.54) is 0 Å². The first-order valence-corrected chi connectivity index (χ1v) is 7.84. The van der Waals surface area contributed by atoms with Gasteiger partial charge in [0.05, 0.1) is 0 Å². The van der Waals surface area contributed by atoms with Crippen LogP contribution in [0.4, 0.5) is 5.69 Å². The van der Waals surface area contributed by atoms with E-state index < -0.39 is 0 Å². The van der Waals surface area contributed by atoms with Crippen LogP contribution in [-0.4, -0.2) is 25.5 Å². The molecule has 2 N–H and O–H groups in total. The third-order valence-electron chi connectivity index (χ3n) is 3.53. The molecule has 0 atom stereocenters. The highest BCUT2D eigenvalue weighted by atomic mass is 16.5. The molecule has 0 aliphatic carbocycles. The second kappa shape index (κ2) is 8.15. The fourth-order valence-electron chi connectivity index (χ4n) is 2.19. The Labute approximate surface area is 142 Å². The van der Waals surface area contributed by atoms with Crippen molar-refractivity contribution in [1.29, 1.82) is 0 Å². The lowest BCUT2D eigenvalue weighted by Crippen LogP contribution is -2.21. The summed E-state index contributed by atoms with van der Waals surface area (Å²) >= 11 is 0. The molecule has 0 bridgehead atoms. The summed E-state index contributed by atoms with van der Waals surface area (Å²) in [6.07, 6.45) is 0. The number of nitrogens with one attached hydrogen (secondary N) is 2. The van der Waals surface area contributed by atoms with Gasteiger partial charge in [-0.05, 0) is 41.8 Å². The quantitative estimate of drug-likeness (QED) is 0.857. The van der Waals surface area contributed by atoms with Gasteiger partial charge in [-0.3, -0.25) is 9.59 Å². The summed E-state index contributed by atoms with van der Waals surface area (Å²) in [5, 5.41) is 5.27. The van der Waals surface area contributed by atoms with E-state index in [0.717, 1.165) is 5.56 Å². The van der Waals surface area contributed by atoms with Gasteiger partial charge in [-0.15, -0.1) is 0 Å². The van der Waals surface area contributed by atoms with E-state index in [0.29, 0.717) is 22.9 Å². The molecule has 0 aliphatic heterocycles. The van der Waals surface area contributed by atoms with Crippen molar-refractivity contribution in [2.75, 3.05) is 19.0 Å². The minimum atomic E-state index is -0.279. The van der Waals surface area contributed by atoms with Crippen molar-refractivity contribution in [3.05, 3.63) is 59.7 Å². The van der Waals surface area contributed by atoms with Crippen LogP contribution in [0.15, 0.2) is 48.5 Å². The lowest BCUT2D eigenvalue weighted by Gasteiger charge is -2.10. The van der Waals surface area contributed by atoms with Gasteiger partial charge in [0, 0.05) is 18.3 Å². The maximum atomic E-state index is 12.0. The Morgan fingerprint density at radius 3 is 2.54 bits per heavy atom. The van der Waals surface area contributed by atoms with Crippen molar-refractivity contribution < 1.29 is 14.3 Å². The number of amides is 2. The SMILES string of the molecule is CNC(=O)c1cccc(NC(=O)COc2cccc(C(C)C)c2)c1. The standard InChI is InChI=1S/C19H22N2O3/c1-13(2)14-6-5-9-17(11-14)24-12-18(22)21-16-8-4-7-15(10-16)19(23)20-3/h4-11,13H,12H2,1-3H3,(H,20,23)(H,21,22). The molecule has 0 unspecified atom stereocenters. The number of rotatable bonds is 6. The summed E-state index contributed by atoms with van der Waals surface area (Å²) in [7, 11) is 1.56. The Bertz CT molecular complexity index is 726. The highest BCUT2D eigenvalue weighted by molar-refractivity contribution is 5.97. The molecule has 0 radical (unpaired) electrons. The van der Waals surface area contributed by atoms with Crippen LogP contribution >= 0.6 is 0 Å². The van der Waals surface area contributed by atoms with Crippen LogP contribution in [0.3, 0.4) is 0 Å². The molecule has 2 rings (SSSR count). The van der Waals surface area contributed by atoms with E-state index in [1.54, 1.807) is 31.3 Å². The van der Waals surface area contributed by atoms with Crippen LogP contribution in [0.25, 0.3) is 0 Å². The van der Waals surface area contributed by atoms with Gasteiger partial charge in [-0.25, -0.2) is 0 Å². The predicted octanol–water partition coefficient (Wildman–Crippen LogP) is 3.19. The van der Waals surface area contributed by atoms with Crippen molar-refractivity contribution >= 4 is 17.5 Å². The van der Waals surface area contributed by atoms with E-state index >= 15 is 0 Å². The molecule has 0 heterocycles. The van der Waals surface area contributed by atoms with Gasteiger partial charge >= 0.3 is 0 Å². The van der Waals surface area contributed by atoms with Gasteiger partial charge in [-0.1, -0.05) is 32.0 Å². The molecule has 0 aliphatic rings. The maximum absolute atomic E-state index is 12.0. The minimum absolute atomic E-state index is 0.0915. The van der Waals surface area contributed by atoms with Crippen molar-refractivity contribution in [3.8, 4) is 5.75 Å². The molecule has 24 heavy (non-hydrogen) atoms. The van der Waals surface area contributed by atoms with E-state index in [1.807, 2.05) is 24.3 Å². The summed E-state index contributed by atoms with van der Waals surface area (Å²) in [4.78, 5) is 23.6. The number of anilines is 1. The van der Waals surface area contributed by atoms with Gasteiger partial charge in [0.25, 0.3) is 11.8 Å². The Balaban J connectivity index is 1.94. The predicted molar refractivity (Wildman–Crippen MR) is 94.5 cm³/mol. The summed E-state index contributed by atoms with van der Waals surface area (Å²) in [5.41, 5.74) is 2.20. The number of carbonyl (C=O) groups excluding carboxylic acids is 2. The fourth-order valence-corrected chi connectivity index (χ4v) is 2.19. The largest absolute Gasteiger partial charge is 0.484 e. The summed E-state index contributed by atoms with van der Waals surface area (Å²) in [6, 6.07) is 14.4. The summed E-state index contributed by atoms with van der Waals surface area (Å²) < 4.78 is 5.54. The van der Waals surface area contributed by atoms with E-state index in [2.05, 4.69) is 24.5 Å². The first-order chi connectivity index (χ1) is 11.5. The minimum Gasteiger partial charge on any atom is -0.484 e. The van der Waals surface area contributed by atoms with E-state index in [4.69, 9.17) is 4.74 Å². The lowest BCUT2D eigenvalue weighted by atomic mass is 10.0. The van der Waals surface area contributed by atoms with Crippen LogP contribution in [0.5, 0.6) is 5.75 Å². The van der Waals surface area contributed by atoms with Crippen LogP contribution < -0.4 is 15.4 Å². The Morgan fingerprint density at radius 1 is 1.08 bits per heavy atom. The maximum Gasteiger partial charge on any atom is 0.262 e. The average molecular weight is 326 g/mol. The first kappa shape index (κ1) is 17.5. The van der Waals surface area contributed by atoms with Crippen LogP contribution in [0.1, 0.15) is 35.7 Å². The van der Waals surface area contributed by atoms with E-state index in [9.17, 15) is 9.59 Å². The van der Waals surface area contributed by atoms with Crippen LogP contribution in [0.2, 0.25) is 0 Å². The third kappa shape index (κ3) is 4.84. The molecule has 0 fully saturated rings. The second-order valence-electron chi connectivity index (χ2n) is 5.72. The van der Waals surface area contributed by atoms with Crippen molar-refractivity contribution in [2.45, 2.75) is 19.8 Å². The monoisotopic (exact) mass is 326 g/mol. The summed E-state index contributed by atoms with van der Waals surface area (Å²) in [6.45, 7) is 4.11. The molecular weight excluding hydrogens is 304 g/mol. The first-order valence-electron chi connectivity index (χ1n) is 7.84. The number of hydrogen-bond donors (Lipinski definition) is 2. The Kier molecular flexibility index (Phi) is 5.95. The highest BCUT2D eigenvalue weighted by Crippen LogP contribution is 2.20. The molecule has 0 spiro atoms. The normalized spacial score (nSPS) is 10.3. The molecular formula is C19H22N2O3. The molecule has 5 nitrogen and oxygen atoms in total. The molecule has 2 aromatic carbocycles. The molecule has 2 amide bonds. The average Bonchev–Trinajstić information content (AvgIpc) is 2.59. The summed E-state index contributed by atoms with van der Waals surface area (Å²) in [5.74, 6) is 0.581. The molecule has 2 aromatic rings. The lowest BCUT2D eigenvalue weighted by molar-refractivity contribution is -0.118. The molecule has 0 saturated carbocycles. The molecule has 5 heteroatoms. The Morgan fingerprint density at radius 2 is 1.83 bits per heavy atom. The fraction of sp³-hybridized carbons (Fsp3) is 0.263. The number of carbonyl (C=O) groups is 2. The van der Waals surface area contributed by atoms with Gasteiger partial charge in [0.2, 0.25) is 0 Å². The molecule has 126 valence electrons.